The third kappa shape index (κ3) is 4.10. The van der Waals surface area contributed by atoms with Gasteiger partial charge in [-0.3, -0.25) is 18.9 Å². The molecule has 4 aromatic rings. The highest BCUT2D eigenvalue weighted by molar-refractivity contribution is 7.98. The Morgan fingerprint density at radius 1 is 1.16 bits per heavy atom. The van der Waals surface area contributed by atoms with Crippen molar-refractivity contribution in [1.82, 2.24) is 28.7 Å². The van der Waals surface area contributed by atoms with E-state index in [-0.39, 0.29) is 5.56 Å². The summed E-state index contributed by atoms with van der Waals surface area (Å²) in [5.74, 6) is 1.29. The van der Waals surface area contributed by atoms with Crippen LogP contribution in [-0.2, 0) is 18.8 Å². The van der Waals surface area contributed by atoms with Gasteiger partial charge in [-0.05, 0) is 38.0 Å². The van der Waals surface area contributed by atoms with Crippen LogP contribution in [0.25, 0.3) is 16.9 Å². The van der Waals surface area contributed by atoms with Gasteiger partial charge in [0.05, 0.1) is 5.75 Å². The Labute approximate surface area is 184 Å². The molecule has 0 spiro atoms. The fraction of sp³-hybridized carbons (Fsp3) is 0.364. The first-order valence-corrected chi connectivity index (χ1v) is 11.5. The van der Waals surface area contributed by atoms with Crippen molar-refractivity contribution in [3.63, 3.8) is 0 Å². The van der Waals surface area contributed by atoms with Gasteiger partial charge < -0.3 is 4.57 Å². The molecule has 0 saturated heterocycles. The van der Waals surface area contributed by atoms with Crippen molar-refractivity contribution < 1.29 is 0 Å². The molecular weight excluding hydrogens is 412 g/mol. The molecule has 4 rings (SSSR count). The largest absolute Gasteiger partial charge is 0.330 e. The zero-order valence-electron chi connectivity index (χ0n) is 18.0. The smallest absolute Gasteiger partial charge is 0.322 e. The fourth-order valence-electron chi connectivity index (χ4n) is 3.69. The number of imidazole rings is 2. The minimum absolute atomic E-state index is 0.389. The Bertz CT molecular complexity index is 1330. The van der Waals surface area contributed by atoms with Crippen LogP contribution in [0.2, 0.25) is 0 Å². The number of hydrogen-bond donors (Lipinski definition) is 1. The van der Waals surface area contributed by atoms with E-state index in [1.165, 1.54) is 5.56 Å². The Morgan fingerprint density at radius 2 is 2.00 bits per heavy atom. The molecule has 9 heteroatoms. The number of nitrogens with one attached hydrogen (secondary N) is 1. The van der Waals surface area contributed by atoms with Gasteiger partial charge in [0.2, 0.25) is 0 Å². The van der Waals surface area contributed by atoms with Gasteiger partial charge in [-0.15, -0.1) is 0 Å². The molecule has 0 saturated carbocycles. The van der Waals surface area contributed by atoms with Gasteiger partial charge in [-0.25, -0.2) is 14.8 Å². The molecule has 8 nitrogen and oxygen atoms in total. The molecule has 162 valence electrons. The second-order valence-corrected chi connectivity index (χ2v) is 8.36. The maximum atomic E-state index is 12.6. The van der Waals surface area contributed by atoms with E-state index in [1.807, 2.05) is 34.4 Å². The molecule has 31 heavy (non-hydrogen) atoms. The topological polar surface area (TPSA) is 90.5 Å². The van der Waals surface area contributed by atoms with Crippen LogP contribution in [0.3, 0.4) is 0 Å². The normalized spacial score (nSPS) is 11.5. The maximum absolute atomic E-state index is 12.6. The Kier molecular flexibility index (Phi) is 6.13. The lowest BCUT2D eigenvalue weighted by Gasteiger charge is -2.09. The summed E-state index contributed by atoms with van der Waals surface area (Å²) in [6.07, 6.45) is 5.51. The number of aromatic nitrogens is 6. The molecule has 1 aromatic carbocycles. The predicted molar refractivity (Wildman–Crippen MR) is 123 cm³/mol. The van der Waals surface area contributed by atoms with E-state index >= 15 is 0 Å². The lowest BCUT2D eigenvalue weighted by molar-refractivity contribution is 0.613. The van der Waals surface area contributed by atoms with Crippen molar-refractivity contribution >= 4 is 22.9 Å². The summed E-state index contributed by atoms with van der Waals surface area (Å²) in [5, 5.41) is 0.845. The second-order valence-electron chi connectivity index (χ2n) is 7.42. The number of aromatic amines is 1. The van der Waals surface area contributed by atoms with E-state index < -0.39 is 5.69 Å². The van der Waals surface area contributed by atoms with Gasteiger partial charge in [0.25, 0.3) is 5.56 Å². The van der Waals surface area contributed by atoms with Crippen molar-refractivity contribution in [2.45, 2.75) is 57.6 Å². The van der Waals surface area contributed by atoms with Crippen LogP contribution < -0.4 is 11.2 Å². The molecule has 3 aromatic heterocycles. The standard InChI is InChI=1S/C22H26N6O2S/c1-4-6-11-28-19-18(20(29)25-21(28)30)26(5-2)17(24-19)14-31-22-23-10-12-27(22)16-9-7-8-15(3)13-16/h7-10,12-13H,4-6,11,14H2,1-3H3,(H,25,29,30). The molecule has 0 aliphatic heterocycles. The van der Waals surface area contributed by atoms with Crippen LogP contribution in [0, 0.1) is 6.92 Å². The molecule has 3 heterocycles. The SMILES string of the molecule is CCCCn1c(=O)[nH]c(=O)c2c1nc(CSc1nccn1-c1cccc(C)c1)n2CC. The molecular formula is C22H26N6O2S. The van der Waals surface area contributed by atoms with Crippen LogP contribution in [0.15, 0.2) is 51.4 Å². The lowest BCUT2D eigenvalue weighted by atomic mass is 10.2. The molecule has 0 fully saturated rings. The number of aryl methyl sites for hydroxylation is 3. The van der Waals surface area contributed by atoms with Crippen LogP contribution in [0.5, 0.6) is 0 Å². The summed E-state index contributed by atoms with van der Waals surface area (Å²) in [6, 6.07) is 8.24. The van der Waals surface area contributed by atoms with E-state index in [2.05, 4.69) is 35.9 Å². The van der Waals surface area contributed by atoms with Gasteiger partial charge in [-0.1, -0.05) is 37.2 Å². The summed E-state index contributed by atoms with van der Waals surface area (Å²) in [5.41, 5.74) is 2.35. The Morgan fingerprint density at radius 3 is 2.74 bits per heavy atom. The van der Waals surface area contributed by atoms with Crippen LogP contribution in [0.1, 0.15) is 38.1 Å². The van der Waals surface area contributed by atoms with E-state index in [0.29, 0.717) is 30.0 Å². The highest BCUT2D eigenvalue weighted by Gasteiger charge is 2.18. The number of fused-ring (bicyclic) bond motifs is 1. The van der Waals surface area contributed by atoms with Crippen molar-refractivity contribution in [3.05, 3.63) is 68.9 Å². The zero-order chi connectivity index (χ0) is 22.0. The van der Waals surface area contributed by atoms with Crippen LogP contribution in [0.4, 0.5) is 0 Å². The van der Waals surface area contributed by atoms with Gasteiger partial charge in [0.15, 0.2) is 16.3 Å². The third-order valence-corrected chi connectivity index (χ3v) is 6.20. The first kappa shape index (κ1) is 21.2. The lowest BCUT2D eigenvalue weighted by Crippen LogP contribution is -2.31. The average molecular weight is 439 g/mol. The van der Waals surface area contributed by atoms with E-state index in [0.717, 1.165) is 29.5 Å². The molecule has 1 N–H and O–H groups in total. The first-order valence-electron chi connectivity index (χ1n) is 10.5. The van der Waals surface area contributed by atoms with E-state index in [4.69, 9.17) is 4.98 Å². The number of nitrogens with zero attached hydrogens (tertiary/aromatic N) is 5. The molecule has 0 amide bonds. The van der Waals surface area contributed by atoms with Gasteiger partial charge >= 0.3 is 5.69 Å². The second kappa shape index (κ2) is 8.97. The number of thioether (sulfide) groups is 1. The zero-order valence-corrected chi connectivity index (χ0v) is 18.8. The van der Waals surface area contributed by atoms with E-state index in [1.54, 1.807) is 22.5 Å². The van der Waals surface area contributed by atoms with Gasteiger partial charge in [-0.2, -0.15) is 0 Å². The summed E-state index contributed by atoms with van der Waals surface area (Å²) in [7, 11) is 0. The maximum Gasteiger partial charge on any atom is 0.330 e. The van der Waals surface area contributed by atoms with Crippen molar-refractivity contribution in [2.75, 3.05) is 0 Å². The summed E-state index contributed by atoms with van der Waals surface area (Å²) < 4.78 is 5.51. The van der Waals surface area contributed by atoms with Crippen molar-refractivity contribution in [3.8, 4) is 5.69 Å². The number of benzene rings is 1. The molecule has 0 atom stereocenters. The summed E-state index contributed by atoms with van der Waals surface area (Å²) in [6.45, 7) is 7.23. The number of rotatable bonds is 8. The molecule has 0 radical (unpaired) electrons. The van der Waals surface area contributed by atoms with Crippen molar-refractivity contribution in [2.24, 2.45) is 0 Å². The molecule has 0 aliphatic carbocycles. The molecule has 0 bridgehead atoms. The third-order valence-electron chi connectivity index (χ3n) is 5.23. The van der Waals surface area contributed by atoms with Crippen LogP contribution in [-0.4, -0.2) is 28.7 Å². The van der Waals surface area contributed by atoms with E-state index in [9.17, 15) is 9.59 Å². The van der Waals surface area contributed by atoms with Crippen LogP contribution >= 0.6 is 11.8 Å². The minimum Gasteiger partial charge on any atom is -0.322 e. The first-order chi connectivity index (χ1) is 15.0. The fourth-order valence-corrected chi connectivity index (χ4v) is 4.61. The highest BCUT2D eigenvalue weighted by Crippen LogP contribution is 2.25. The predicted octanol–water partition coefficient (Wildman–Crippen LogP) is 3.49. The summed E-state index contributed by atoms with van der Waals surface area (Å²) in [4.78, 5) is 36.6. The number of H-pyrrole nitrogens is 1. The van der Waals surface area contributed by atoms with Gasteiger partial charge in [0, 0.05) is 31.2 Å². The Balaban J connectivity index is 1.70. The minimum atomic E-state index is -0.402. The molecule has 0 aliphatic rings. The quantitative estimate of drug-likeness (QED) is 0.425. The monoisotopic (exact) mass is 438 g/mol. The highest BCUT2D eigenvalue weighted by atomic mass is 32.2. The number of hydrogen-bond acceptors (Lipinski definition) is 5. The average Bonchev–Trinajstić information content (AvgIpc) is 3.36. The van der Waals surface area contributed by atoms with Gasteiger partial charge in [0.1, 0.15) is 5.82 Å². The Hall–Kier alpha value is -3.07. The molecule has 0 unspecified atom stereocenters. The van der Waals surface area contributed by atoms with Crippen molar-refractivity contribution in [1.29, 1.82) is 0 Å². The summed E-state index contributed by atoms with van der Waals surface area (Å²) >= 11 is 1.55. The number of unbranched alkanes of at least 4 members (excludes halogenated alkanes) is 1.